The zero-order valence-electron chi connectivity index (χ0n) is 13.1. The molecular formula is C16H29N3O2. The monoisotopic (exact) mass is 295 g/mol. The predicted octanol–water partition coefficient (Wildman–Crippen LogP) is 1.73. The van der Waals surface area contributed by atoms with E-state index in [0.29, 0.717) is 24.1 Å². The van der Waals surface area contributed by atoms with Crippen LogP contribution in [0.15, 0.2) is 0 Å². The van der Waals surface area contributed by atoms with Gasteiger partial charge in [-0.15, -0.1) is 0 Å². The number of amides is 2. The van der Waals surface area contributed by atoms with E-state index in [9.17, 15) is 4.79 Å². The first kappa shape index (κ1) is 15.1. The highest BCUT2D eigenvalue weighted by atomic mass is 16.5. The first-order chi connectivity index (χ1) is 10.2. The van der Waals surface area contributed by atoms with Gasteiger partial charge in [-0.05, 0) is 57.9 Å². The number of likely N-dealkylation sites (tertiary alicyclic amines) is 1. The fourth-order valence-electron chi connectivity index (χ4n) is 3.98. The van der Waals surface area contributed by atoms with Gasteiger partial charge in [0.15, 0.2) is 0 Å². The molecule has 0 aromatic rings. The number of hydrogen-bond donors (Lipinski definition) is 2. The Hall–Kier alpha value is -0.810. The molecule has 0 radical (unpaired) electrons. The summed E-state index contributed by atoms with van der Waals surface area (Å²) < 4.78 is 5.80. The average Bonchev–Trinajstić information content (AvgIpc) is 3.01. The molecule has 2 N–H and O–H groups in total. The molecule has 0 aromatic heterocycles. The number of carbonyl (C=O) groups is 1. The maximum absolute atomic E-state index is 12.4. The Balaban J connectivity index is 1.42. The van der Waals surface area contributed by atoms with E-state index in [1.54, 1.807) is 0 Å². The Labute approximate surface area is 127 Å². The summed E-state index contributed by atoms with van der Waals surface area (Å²) >= 11 is 0. The van der Waals surface area contributed by atoms with Crippen LogP contribution in [-0.2, 0) is 4.74 Å². The number of piperidine rings is 2. The number of nitrogens with one attached hydrogen (secondary N) is 2. The molecule has 0 aromatic carbocycles. The van der Waals surface area contributed by atoms with E-state index < -0.39 is 0 Å². The van der Waals surface area contributed by atoms with Crippen molar-refractivity contribution in [2.24, 2.45) is 5.92 Å². The normalized spacial score (nSPS) is 34.9. The van der Waals surface area contributed by atoms with Gasteiger partial charge in [-0.1, -0.05) is 0 Å². The smallest absolute Gasteiger partial charge is 0.317 e. The summed E-state index contributed by atoms with van der Waals surface area (Å²) in [5, 5.41) is 6.64. The van der Waals surface area contributed by atoms with Crippen LogP contribution in [0.3, 0.4) is 0 Å². The zero-order chi connectivity index (χ0) is 14.7. The standard InChI is InChI=1S/C16H29N3O2/c1-12-11-14(4-7-17-12)18-16(20)19-8-5-13(6-9-19)15-3-2-10-21-15/h12-15,17H,2-11H2,1H3,(H,18,20). The molecule has 0 spiro atoms. The van der Waals surface area contributed by atoms with Crippen LogP contribution in [0.1, 0.15) is 45.4 Å². The van der Waals surface area contributed by atoms with Crippen LogP contribution >= 0.6 is 0 Å². The van der Waals surface area contributed by atoms with E-state index in [-0.39, 0.29) is 6.03 Å². The molecule has 3 heterocycles. The maximum Gasteiger partial charge on any atom is 0.317 e. The van der Waals surface area contributed by atoms with Crippen molar-refractivity contribution in [1.82, 2.24) is 15.5 Å². The lowest BCUT2D eigenvalue weighted by atomic mass is 9.90. The molecule has 3 saturated heterocycles. The lowest BCUT2D eigenvalue weighted by Gasteiger charge is -2.36. The number of rotatable bonds is 2. The lowest BCUT2D eigenvalue weighted by Crippen LogP contribution is -2.52. The Morgan fingerprint density at radius 2 is 2.05 bits per heavy atom. The largest absolute Gasteiger partial charge is 0.378 e. The number of nitrogens with zero attached hydrogens (tertiary/aromatic N) is 1. The van der Waals surface area contributed by atoms with Gasteiger partial charge in [-0.25, -0.2) is 4.79 Å². The molecule has 5 heteroatoms. The molecule has 0 bridgehead atoms. The lowest BCUT2D eigenvalue weighted by molar-refractivity contribution is 0.0369. The van der Waals surface area contributed by atoms with Crippen molar-refractivity contribution in [2.45, 2.75) is 63.6 Å². The van der Waals surface area contributed by atoms with Crippen molar-refractivity contribution < 1.29 is 9.53 Å². The fourth-order valence-corrected chi connectivity index (χ4v) is 3.98. The minimum Gasteiger partial charge on any atom is -0.378 e. The van der Waals surface area contributed by atoms with Gasteiger partial charge in [-0.2, -0.15) is 0 Å². The molecule has 120 valence electrons. The van der Waals surface area contributed by atoms with E-state index in [4.69, 9.17) is 4.74 Å². The number of carbonyl (C=O) groups excluding carboxylic acids is 1. The maximum atomic E-state index is 12.4. The Kier molecular flexibility index (Phi) is 5.01. The van der Waals surface area contributed by atoms with Crippen LogP contribution < -0.4 is 10.6 Å². The van der Waals surface area contributed by atoms with Crippen LogP contribution in [0.5, 0.6) is 0 Å². The van der Waals surface area contributed by atoms with E-state index >= 15 is 0 Å². The number of ether oxygens (including phenoxy) is 1. The first-order valence-electron chi connectivity index (χ1n) is 8.63. The second kappa shape index (κ2) is 6.97. The second-order valence-electron chi connectivity index (χ2n) is 6.90. The molecule has 5 nitrogen and oxygen atoms in total. The van der Waals surface area contributed by atoms with Gasteiger partial charge in [0.2, 0.25) is 0 Å². The summed E-state index contributed by atoms with van der Waals surface area (Å²) in [5.41, 5.74) is 0. The molecule has 0 saturated carbocycles. The highest BCUT2D eigenvalue weighted by Crippen LogP contribution is 2.28. The molecule has 3 rings (SSSR count). The highest BCUT2D eigenvalue weighted by Gasteiger charge is 2.31. The van der Waals surface area contributed by atoms with Crippen molar-refractivity contribution in [3.8, 4) is 0 Å². The van der Waals surface area contributed by atoms with E-state index in [0.717, 1.165) is 51.9 Å². The SMILES string of the molecule is CC1CC(NC(=O)N2CCC(C3CCCO3)CC2)CCN1. The first-order valence-corrected chi connectivity index (χ1v) is 8.63. The van der Waals surface area contributed by atoms with Crippen molar-refractivity contribution in [1.29, 1.82) is 0 Å². The van der Waals surface area contributed by atoms with Crippen LogP contribution in [0.2, 0.25) is 0 Å². The Morgan fingerprint density at radius 3 is 2.71 bits per heavy atom. The summed E-state index contributed by atoms with van der Waals surface area (Å²) in [4.78, 5) is 14.4. The van der Waals surface area contributed by atoms with Crippen molar-refractivity contribution in [3.63, 3.8) is 0 Å². The molecule has 0 aliphatic carbocycles. The molecule has 3 aliphatic heterocycles. The van der Waals surface area contributed by atoms with Crippen LogP contribution in [0.4, 0.5) is 4.79 Å². The van der Waals surface area contributed by atoms with E-state index in [1.807, 2.05) is 4.90 Å². The van der Waals surface area contributed by atoms with Gasteiger partial charge in [0.25, 0.3) is 0 Å². The molecule has 3 fully saturated rings. The van der Waals surface area contributed by atoms with E-state index in [2.05, 4.69) is 17.6 Å². The summed E-state index contributed by atoms with van der Waals surface area (Å²) in [6.45, 7) is 5.89. The van der Waals surface area contributed by atoms with E-state index in [1.165, 1.54) is 12.8 Å². The Bertz CT molecular complexity index is 349. The third-order valence-electron chi connectivity index (χ3n) is 5.27. The molecule has 21 heavy (non-hydrogen) atoms. The van der Waals surface area contributed by atoms with Gasteiger partial charge < -0.3 is 20.3 Å². The van der Waals surface area contributed by atoms with Gasteiger partial charge in [-0.3, -0.25) is 0 Å². The van der Waals surface area contributed by atoms with Crippen LogP contribution in [0, 0.1) is 5.92 Å². The van der Waals surface area contributed by atoms with Gasteiger partial charge in [0, 0.05) is 31.8 Å². The fraction of sp³-hybridized carbons (Fsp3) is 0.938. The Morgan fingerprint density at radius 1 is 1.24 bits per heavy atom. The van der Waals surface area contributed by atoms with Gasteiger partial charge in [0.1, 0.15) is 0 Å². The summed E-state index contributed by atoms with van der Waals surface area (Å²) in [5.74, 6) is 0.662. The van der Waals surface area contributed by atoms with Crippen molar-refractivity contribution in [3.05, 3.63) is 0 Å². The molecule has 2 amide bonds. The highest BCUT2D eigenvalue weighted by molar-refractivity contribution is 5.74. The minimum atomic E-state index is 0.139. The number of hydrogen-bond acceptors (Lipinski definition) is 3. The summed E-state index contributed by atoms with van der Waals surface area (Å²) in [6.07, 6.45) is 7.16. The number of urea groups is 1. The quantitative estimate of drug-likeness (QED) is 0.816. The predicted molar refractivity (Wildman–Crippen MR) is 82.3 cm³/mol. The third kappa shape index (κ3) is 3.89. The summed E-state index contributed by atoms with van der Waals surface area (Å²) in [6, 6.07) is 0.985. The van der Waals surface area contributed by atoms with Crippen LogP contribution in [0.25, 0.3) is 0 Å². The molecular weight excluding hydrogens is 266 g/mol. The minimum absolute atomic E-state index is 0.139. The molecule has 3 atom stereocenters. The average molecular weight is 295 g/mol. The van der Waals surface area contributed by atoms with Crippen molar-refractivity contribution in [2.75, 3.05) is 26.2 Å². The zero-order valence-corrected chi connectivity index (χ0v) is 13.1. The molecule has 3 unspecified atom stereocenters. The molecule has 3 aliphatic rings. The van der Waals surface area contributed by atoms with Gasteiger partial charge in [0.05, 0.1) is 6.10 Å². The van der Waals surface area contributed by atoms with Gasteiger partial charge >= 0.3 is 6.03 Å². The van der Waals surface area contributed by atoms with Crippen LogP contribution in [-0.4, -0.2) is 55.4 Å². The summed E-state index contributed by atoms with van der Waals surface area (Å²) in [7, 11) is 0. The topological polar surface area (TPSA) is 53.6 Å². The second-order valence-corrected chi connectivity index (χ2v) is 6.90. The van der Waals surface area contributed by atoms with Crippen molar-refractivity contribution >= 4 is 6.03 Å². The third-order valence-corrected chi connectivity index (χ3v) is 5.27.